The van der Waals surface area contributed by atoms with E-state index in [0.29, 0.717) is 11.3 Å². The molecule has 0 aliphatic carbocycles. The van der Waals surface area contributed by atoms with Gasteiger partial charge in [0.2, 0.25) is 11.8 Å². The van der Waals surface area contributed by atoms with E-state index in [1.165, 1.54) is 30.0 Å². The largest absolute Gasteiger partial charge is 0.497 e. The van der Waals surface area contributed by atoms with Gasteiger partial charge in [-0.05, 0) is 29.8 Å². The SMILES string of the molecule is COC(=O)C(Cc1ccc(OC)cc1)NC(=O)C1CN(C(=O)c2cccnc2)CCN1C(C)=O. The van der Waals surface area contributed by atoms with Crippen molar-refractivity contribution in [3.63, 3.8) is 0 Å². The van der Waals surface area contributed by atoms with Gasteiger partial charge in [-0.1, -0.05) is 12.1 Å². The van der Waals surface area contributed by atoms with Crippen LogP contribution in [0.5, 0.6) is 5.75 Å². The number of carbonyl (C=O) groups excluding carboxylic acids is 4. The van der Waals surface area contributed by atoms with E-state index in [1.54, 1.807) is 49.7 Å². The molecule has 2 heterocycles. The third-order valence-electron chi connectivity index (χ3n) is 5.68. The average Bonchev–Trinajstić information content (AvgIpc) is 2.87. The van der Waals surface area contributed by atoms with Crippen molar-refractivity contribution in [1.29, 1.82) is 0 Å². The summed E-state index contributed by atoms with van der Waals surface area (Å²) in [7, 11) is 2.80. The molecule has 180 valence electrons. The predicted octanol–water partition coefficient (Wildman–Crippen LogP) is 0.664. The Morgan fingerprint density at radius 1 is 1.12 bits per heavy atom. The van der Waals surface area contributed by atoms with E-state index >= 15 is 0 Å². The van der Waals surface area contributed by atoms with Crippen LogP contribution in [0.1, 0.15) is 22.8 Å². The van der Waals surface area contributed by atoms with E-state index in [0.717, 1.165) is 5.56 Å². The zero-order valence-corrected chi connectivity index (χ0v) is 19.4. The molecule has 2 unspecified atom stereocenters. The van der Waals surface area contributed by atoms with Gasteiger partial charge < -0.3 is 24.6 Å². The van der Waals surface area contributed by atoms with Crippen molar-refractivity contribution in [3.05, 3.63) is 59.9 Å². The van der Waals surface area contributed by atoms with E-state index in [2.05, 4.69) is 10.3 Å². The molecule has 10 nitrogen and oxygen atoms in total. The molecule has 2 atom stereocenters. The van der Waals surface area contributed by atoms with Gasteiger partial charge >= 0.3 is 5.97 Å². The normalized spacial score (nSPS) is 16.4. The van der Waals surface area contributed by atoms with Crippen molar-refractivity contribution >= 4 is 23.7 Å². The molecule has 1 aromatic heterocycles. The maximum absolute atomic E-state index is 13.3. The standard InChI is InChI=1S/C24H28N4O6/c1-16(29)28-12-11-27(23(31)18-5-4-10-25-14-18)15-21(28)22(30)26-20(24(32)34-3)13-17-6-8-19(33-2)9-7-17/h4-10,14,20-21H,11-13,15H2,1-3H3,(H,26,30). The number of ether oxygens (including phenoxy) is 2. The van der Waals surface area contributed by atoms with Crippen LogP contribution in [0.4, 0.5) is 0 Å². The number of aromatic nitrogens is 1. The Morgan fingerprint density at radius 2 is 1.85 bits per heavy atom. The lowest BCUT2D eigenvalue weighted by Crippen LogP contribution is -2.62. The predicted molar refractivity (Wildman–Crippen MR) is 122 cm³/mol. The molecule has 1 aromatic carbocycles. The summed E-state index contributed by atoms with van der Waals surface area (Å²) in [6, 6.07) is 8.47. The molecule has 3 rings (SSSR count). The first-order valence-corrected chi connectivity index (χ1v) is 10.8. The van der Waals surface area contributed by atoms with Crippen molar-refractivity contribution in [2.75, 3.05) is 33.9 Å². The molecule has 1 fully saturated rings. The fourth-order valence-electron chi connectivity index (χ4n) is 3.84. The number of hydrogen-bond acceptors (Lipinski definition) is 7. The molecular formula is C24H28N4O6. The van der Waals surface area contributed by atoms with Crippen LogP contribution in [0.15, 0.2) is 48.8 Å². The summed E-state index contributed by atoms with van der Waals surface area (Å²) < 4.78 is 10.0. The summed E-state index contributed by atoms with van der Waals surface area (Å²) in [6.07, 6.45) is 3.21. The summed E-state index contributed by atoms with van der Waals surface area (Å²) in [4.78, 5) is 57.7. The molecule has 1 saturated heterocycles. The molecule has 2 aromatic rings. The molecule has 0 saturated carbocycles. The number of nitrogens with zero attached hydrogens (tertiary/aromatic N) is 3. The number of amides is 3. The van der Waals surface area contributed by atoms with Gasteiger partial charge in [-0.3, -0.25) is 19.4 Å². The first kappa shape index (κ1) is 24.7. The maximum atomic E-state index is 13.3. The molecule has 34 heavy (non-hydrogen) atoms. The van der Waals surface area contributed by atoms with Gasteiger partial charge in [0.15, 0.2) is 0 Å². The van der Waals surface area contributed by atoms with Gasteiger partial charge in [0.05, 0.1) is 26.3 Å². The van der Waals surface area contributed by atoms with Crippen LogP contribution in [0.25, 0.3) is 0 Å². The molecular weight excluding hydrogens is 440 g/mol. The zero-order chi connectivity index (χ0) is 24.7. The number of esters is 1. The Morgan fingerprint density at radius 3 is 2.44 bits per heavy atom. The molecule has 0 spiro atoms. The monoisotopic (exact) mass is 468 g/mol. The number of methoxy groups -OCH3 is 2. The molecule has 10 heteroatoms. The van der Waals surface area contributed by atoms with Crippen LogP contribution < -0.4 is 10.1 Å². The van der Waals surface area contributed by atoms with E-state index in [9.17, 15) is 19.2 Å². The average molecular weight is 469 g/mol. The second kappa shape index (κ2) is 11.3. The van der Waals surface area contributed by atoms with Crippen LogP contribution in [-0.4, -0.2) is 84.4 Å². The number of rotatable bonds is 7. The zero-order valence-electron chi connectivity index (χ0n) is 19.4. The Labute approximate surface area is 197 Å². The molecule has 3 amide bonds. The highest BCUT2D eigenvalue weighted by atomic mass is 16.5. The lowest BCUT2D eigenvalue weighted by molar-refractivity contribution is -0.147. The second-order valence-electron chi connectivity index (χ2n) is 7.86. The van der Waals surface area contributed by atoms with E-state index in [1.807, 2.05) is 0 Å². The molecule has 0 radical (unpaired) electrons. The topological polar surface area (TPSA) is 118 Å². The van der Waals surface area contributed by atoms with E-state index in [4.69, 9.17) is 9.47 Å². The molecule has 1 aliphatic rings. The van der Waals surface area contributed by atoms with Gasteiger partial charge in [-0.25, -0.2) is 4.79 Å². The summed E-state index contributed by atoms with van der Waals surface area (Å²) in [5, 5.41) is 2.71. The van der Waals surface area contributed by atoms with Gasteiger partial charge in [0.25, 0.3) is 5.91 Å². The quantitative estimate of drug-likeness (QED) is 0.593. The number of benzene rings is 1. The Hall–Kier alpha value is -3.95. The van der Waals surface area contributed by atoms with Crippen LogP contribution in [-0.2, 0) is 25.5 Å². The van der Waals surface area contributed by atoms with Crippen LogP contribution in [0.3, 0.4) is 0 Å². The van der Waals surface area contributed by atoms with Crippen LogP contribution >= 0.6 is 0 Å². The molecule has 1 aliphatic heterocycles. The highest BCUT2D eigenvalue weighted by Crippen LogP contribution is 2.16. The van der Waals surface area contributed by atoms with Crippen molar-refractivity contribution in [2.45, 2.75) is 25.4 Å². The fourth-order valence-corrected chi connectivity index (χ4v) is 3.84. The Bertz CT molecular complexity index is 1030. The molecule has 0 bridgehead atoms. The third-order valence-corrected chi connectivity index (χ3v) is 5.68. The minimum absolute atomic E-state index is 0.00440. The number of pyridine rings is 1. The van der Waals surface area contributed by atoms with Gasteiger partial charge in [0, 0.05) is 38.8 Å². The van der Waals surface area contributed by atoms with Gasteiger partial charge in [0.1, 0.15) is 17.8 Å². The fraction of sp³-hybridized carbons (Fsp3) is 0.375. The van der Waals surface area contributed by atoms with Gasteiger partial charge in [-0.15, -0.1) is 0 Å². The number of nitrogens with one attached hydrogen (secondary N) is 1. The van der Waals surface area contributed by atoms with Crippen LogP contribution in [0, 0.1) is 0 Å². The Kier molecular flexibility index (Phi) is 8.18. The number of carbonyl (C=O) groups is 4. The number of hydrogen-bond donors (Lipinski definition) is 1. The van der Waals surface area contributed by atoms with E-state index in [-0.39, 0.29) is 37.9 Å². The lowest BCUT2D eigenvalue weighted by atomic mass is 10.0. The van der Waals surface area contributed by atoms with Crippen molar-refractivity contribution < 1.29 is 28.7 Å². The third kappa shape index (κ3) is 5.89. The first-order valence-electron chi connectivity index (χ1n) is 10.8. The summed E-state index contributed by atoms with van der Waals surface area (Å²) in [5.41, 5.74) is 1.18. The minimum atomic E-state index is -0.968. The van der Waals surface area contributed by atoms with E-state index < -0.39 is 24.0 Å². The van der Waals surface area contributed by atoms with Crippen molar-refractivity contribution in [2.24, 2.45) is 0 Å². The summed E-state index contributed by atoms with van der Waals surface area (Å²) in [5.74, 6) is -1.06. The van der Waals surface area contributed by atoms with Gasteiger partial charge in [-0.2, -0.15) is 0 Å². The smallest absolute Gasteiger partial charge is 0.328 e. The highest BCUT2D eigenvalue weighted by Gasteiger charge is 2.37. The summed E-state index contributed by atoms with van der Waals surface area (Å²) in [6.45, 7) is 1.84. The summed E-state index contributed by atoms with van der Waals surface area (Å²) >= 11 is 0. The minimum Gasteiger partial charge on any atom is -0.497 e. The highest BCUT2D eigenvalue weighted by molar-refractivity contribution is 5.96. The first-order chi connectivity index (χ1) is 16.3. The Balaban J connectivity index is 1.76. The lowest BCUT2D eigenvalue weighted by Gasteiger charge is -2.40. The second-order valence-corrected chi connectivity index (χ2v) is 7.86. The van der Waals surface area contributed by atoms with Crippen molar-refractivity contribution in [3.8, 4) is 5.75 Å². The molecule has 1 N–H and O–H groups in total. The number of piperazine rings is 1. The maximum Gasteiger partial charge on any atom is 0.328 e. The van der Waals surface area contributed by atoms with Crippen molar-refractivity contribution in [1.82, 2.24) is 20.1 Å². The van der Waals surface area contributed by atoms with Crippen LogP contribution in [0.2, 0.25) is 0 Å².